The molecule has 2 rings (SSSR count). The second-order valence-corrected chi connectivity index (χ2v) is 5.34. The van der Waals surface area contributed by atoms with Gasteiger partial charge in [0.1, 0.15) is 0 Å². The van der Waals surface area contributed by atoms with Crippen LogP contribution in [0.5, 0.6) is 0 Å². The van der Waals surface area contributed by atoms with Crippen LogP contribution in [-0.2, 0) is 0 Å². The summed E-state index contributed by atoms with van der Waals surface area (Å²) in [7, 11) is 0. The Kier molecular flexibility index (Phi) is 3.67. The summed E-state index contributed by atoms with van der Waals surface area (Å²) in [5.74, 6) is 0. The van der Waals surface area contributed by atoms with Gasteiger partial charge in [-0.05, 0) is 12.2 Å². The first kappa shape index (κ1) is 11.0. The van der Waals surface area contributed by atoms with Crippen LogP contribution in [0.4, 0.5) is 0 Å². The van der Waals surface area contributed by atoms with Crippen molar-refractivity contribution >= 4 is 45.9 Å². The first-order valence-electron chi connectivity index (χ1n) is 4.75. The summed E-state index contributed by atoms with van der Waals surface area (Å²) in [6.07, 6.45) is 14.2. The molecular weight excluding hydrogens is 240 g/mol. The zero-order chi connectivity index (χ0) is 10.7. The molecule has 0 saturated carbocycles. The van der Waals surface area contributed by atoms with Crippen molar-refractivity contribution in [3.05, 3.63) is 46.3 Å². The van der Waals surface area contributed by atoms with Gasteiger partial charge in [0.25, 0.3) is 0 Å². The average Bonchev–Trinajstić information content (AvgIpc) is 2.24. The van der Waals surface area contributed by atoms with Gasteiger partial charge in [0.15, 0.2) is 0 Å². The van der Waals surface area contributed by atoms with E-state index in [-0.39, 0.29) is 0 Å². The molecule has 0 aromatic carbocycles. The molecule has 0 radical (unpaired) electrons. The van der Waals surface area contributed by atoms with Crippen LogP contribution >= 0.6 is 36.2 Å². The number of thioether (sulfide) groups is 1. The van der Waals surface area contributed by atoms with Crippen LogP contribution in [-0.4, -0.2) is 9.73 Å². The highest BCUT2D eigenvalue weighted by Crippen LogP contribution is 2.32. The standard InChI is InChI=1S/C12H10S3/c13-9-5-1-3-7-11(9)15-12-8-4-2-6-10(12)14/h1-4,7-8H,5-6H2. The van der Waals surface area contributed by atoms with Crippen LogP contribution in [0.3, 0.4) is 0 Å². The number of thiocarbonyl (C=S) groups is 2. The van der Waals surface area contributed by atoms with Crippen LogP contribution in [0.25, 0.3) is 0 Å². The zero-order valence-corrected chi connectivity index (χ0v) is 10.6. The predicted molar refractivity (Wildman–Crippen MR) is 76.5 cm³/mol. The fourth-order valence-corrected chi connectivity index (χ4v) is 2.85. The Labute approximate surface area is 105 Å². The second-order valence-electron chi connectivity index (χ2n) is 3.27. The van der Waals surface area contributed by atoms with Crippen LogP contribution < -0.4 is 0 Å². The zero-order valence-electron chi connectivity index (χ0n) is 8.10. The Balaban J connectivity index is 2.14. The fraction of sp³-hybridized carbons (Fsp3) is 0.167. The Morgan fingerprint density at radius 3 is 1.73 bits per heavy atom. The highest BCUT2D eigenvalue weighted by Gasteiger charge is 2.13. The molecule has 0 unspecified atom stereocenters. The fourth-order valence-electron chi connectivity index (χ4n) is 1.35. The molecule has 3 heteroatoms. The van der Waals surface area contributed by atoms with E-state index in [1.807, 2.05) is 0 Å². The molecule has 0 aliphatic heterocycles. The minimum Gasteiger partial charge on any atom is -0.0877 e. The van der Waals surface area contributed by atoms with Crippen molar-refractivity contribution < 1.29 is 0 Å². The lowest BCUT2D eigenvalue weighted by Crippen LogP contribution is -2.03. The van der Waals surface area contributed by atoms with Crippen LogP contribution in [0.2, 0.25) is 0 Å². The van der Waals surface area contributed by atoms with E-state index in [2.05, 4.69) is 36.5 Å². The van der Waals surface area contributed by atoms with Gasteiger partial charge >= 0.3 is 0 Å². The molecule has 0 atom stereocenters. The van der Waals surface area contributed by atoms with Crippen molar-refractivity contribution in [2.24, 2.45) is 0 Å². The van der Waals surface area contributed by atoms with Gasteiger partial charge in [0, 0.05) is 32.4 Å². The summed E-state index contributed by atoms with van der Waals surface area (Å²) < 4.78 is 0. The summed E-state index contributed by atoms with van der Waals surface area (Å²) in [5, 5.41) is 0. The smallest absolute Gasteiger partial charge is 0.0329 e. The topological polar surface area (TPSA) is 0 Å². The van der Waals surface area contributed by atoms with E-state index < -0.39 is 0 Å². The lowest BCUT2D eigenvalue weighted by molar-refractivity contribution is 1.49. The number of allylic oxidation sites excluding steroid dienone is 8. The van der Waals surface area contributed by atoms with Crippen molar-refractivity contribution in [1.82, 2.24) is 0 Å². The van der Waals surface area contributed by atoms with E-state index in [1.165, 1.54) is 0 Å². The van der Waals surface area contributed by atoms with Gasteiger partial charge in [0.05, 0.1) is 0 Å². The maximum Gasteiger partial charge on any atom is 0.0329 e. The molecular formula is C12H10S3. The van der Waals surface area contributed by atoms with Crippen LogP contribution in [0, 0.1) is 0 Å². The number of hydrogen-bond acceptors (Lipinski definition) is 3. The van der Waals surface area contributed by atoms with Crippen LogP contribution in [0.15, 0.2) is 46.3 Å². The number of rotatable bonds is 2. The third-order valence-electron chi connectivity index (χ3n) is 2.14. The van der Waals surface area contributed by atoms with Gasteiger partial charge in [0.2, 0.25) is 0 Å². The average molecular weight is 250 g/mol. The number of hydrogen-bond donors (Lipinski definition) is 0. The van der Waals surface area contributed by atoms with E-state index in [9.17, 15) is 0 Å². The van der Waals surface area contributed by atoms with Gasteiger partial charge in [-0.15, -0.1) is 0 Å². The summed E-state index contributed by atoms with van der Waals surface area (Å²) in [6, 6.07) is 0. The summed E-state index contributed by atoms with van der Waals surface area (Å²) in [5.41, 5.74) is 0. The largest absolute Gasteiger partial charge is 0.0877 e. The molecule has 0 saturated heterocycles. The molecule has 2 aliphatic carbocycles. The van der Waals surface area contributed by atoms with Gasteiger partial charge in [-0.25, -0.2) is 0 Å². The molecule has 2 aliphatic rings. The summed E-state index contributed by atoms with van der Waals surface area (Å²) in [6.45, 7) is 0. The van der Waals surface area contributed by atoms with E-state index in [0.717, 1.165) is 32.4 Å². The monoisotopic (exact) mass is 250 g/mol. The SMILES string of the molecule is S=C1CC=CC=C1SC1=CC=CCC1=S. The van der Waals surface area contributed by atoms with Gasteiger partial charge in [-0.1, -0.05) is 60.5 Å². The molecule has 0 N–H and O–H groups in total. The van der Waals surface area contributed by atoms with Gasteiger partial charge < -0.3 is 0 Å². The molecule has 0 amide bonds. The van der Waals surface area contributed by atoms with Crippen molar-refractivity contribution in [2.75, 3.05) is 0 Å². The third kappa shape index (κ3) is 2.74. The van der Waals surface area contributed by atoms with E-state index >= 15 is 0 Å². The normalized spacial score (nSPS) is 20.3. The van der Waals surface area contributed by atoms with E-state index in [1.54, 1.807) is 11.8 Å². The summed E-state index contributed by atoms with van der Waals surface area (Å²) >= 11 is 12.3. The molecule has 0 heterocycles. The molecule has 0 fully saturated rings. The maximum absolute atomic E-state index is 5.31. The highest BCUT2D eigenvalue weighted by atomic mass is 32.2. The van der Waals surface area contributed by atoms with Crippen molar-refractivity contribution in [1.29, 1.82) is 0 Å². The lowest BCUT2D eigenvalue weighted by Gasteiger charge is -2.14. The Morgan fingerprint density at radius 1 is 0.867 bits per heavy atom. The second kappa shape index (κ2) is 5.01. The van der Waals surface area contributed by atoms with E-state index in [4.69, 9.17) is 24.4 Å². The van der Waals surface area contributed by atoms with Crippen molar-refractivity contribution in [3.63, 3.8) is 0 Å². The quantitative estimate of drug-likeness (QED) is 0.676. The maximum atomic E-state index is 5.31. The minimum absolute atomic E-state index is 0.879. The molecule has 0 nitrogen and oxygen atoms in total. The lowest BCUT2D eigenvalue weighted by atomic mass is 10.2. The highest BCUT2D eigenvalue weighted by molar-refractivity contribution is 8.10. The first-order valence-corrected chi connectivity index (χ1v) is 6.38. The van der Waals surface area contributed by atoms with Crippen LogP contribution in [0.1, 0.15) is 12.8 Å². The van der Waals surface area contributed by atoms with Gasteiger partial charge in [-0.3, -0.25) is 0 Å². The first-order chi connectivity index (χ1) is 7.27. The third-order valence-corrected chi connectivity index (χ3v) is 4.38. The Hall–Kier alpha value is -0.510. The molecule has 0 bridgehead atoms. The predicted octanol–water partition coefficient (Wildman–Crippen LogP) is 4.15. The minimum atomic E-state index is 0.879. The Bertz CT molecular complexity index is 382. The molecule has 0 aromatic rings. The summed E-state index contributed by atoms with van der Waals surface area (Å²) in [4.78, 5) is 4.36. The molecule has 76 valence electrons. The molecule has 15 heavy (non-hydrogen) atoms. The van der Waals surface area contributed by atoms with Crippen molar-refractivity contribution in [3.8, 4) is 0 Å². The molecule has 0 aromatic heterocycles. The molecule has 0 spiro atoms. The van der Waals surface area contributed by atoms with Crippen molar-refractivity contribution in [2.45, 2.75) is 12.8 Å². The van der Waals surface area contributed by atoms with E-state index in [0.29, 0.717) is 0 Å². The van der Waals surface area contributed by atoms with Gasteiger partial charge in [-0.2, -0.15) is 0 Å². The Morgan fingerprint density at radius 2 is 1.33 bits per heavy atom.